The van der Waals surface area contributed by atoms with Crippen molar-refractivity contribution >= 4 is 23.2 Å². The molecule has 0 atom stereocenters. The lowest BCUT2D eigenvalue weighted by Crippen LogP contribution is -2.27. The van der Waals surface area contributed by atoms with Crippen LogP contribution in [0, 0.1) is 11.3 Å². The minimum atomic E-state index is -0.407. The molecule has 1 heterocycles. The number of hydrogen-bond donors (Lipinski definition) is 2. The van der Waals surface area contributed by atoms with Crippen molar-refractivity contribution in [2.45, 2.75) is 0 Å². The van der Waals surface area contributed by atoms with Crippen LogP contribution in [0.15, 0.2) is 42.5 Å². The average molecular weight is 293 g/mol. The number of hydrogen-bond acceptors (Lipinski definition) is 4. The molecule has 0 unspecified atom stereocenters. The quantitative estimate of drug-likeness (QED) is 0.887. The first-order valence-corrected chi connectivity index (χ1v) is 6.55. The Bertz CT molecular complexity index is 809. The van der Waals surface area contributed by atoms with Gasteiger partial charge in [0.05, 0.1) is 22.5 Å². The molecule has 2 N–H and O–H groups in total. The second kappa shape index (κ2) is 5.58. The van der Waals surface area contributed by atoms with Crippen molar-refractivity contribution in [2.75, 3.05) is 17.2 Å². The molecule has 2 aromatic carbocycles. The van der Waals surface area contributed by atoms with Crippen molar-refractivity contribution in [3.05, 3.63) is 53.6 Å². The van der Waals surface area contributed by atoms with E-state index >= 15 is 0 Å². The molecular weight excluding hydrogens is 282 g/mol. The predicted molar refractivity (Wildman–Crippen MR) is 79.7 cm³/mol. The van der Waals surface area contributed by atoms with Gasteiger partial charge in [-0.3, -0.25) is 9.59 Å². The molecule has 108 valence electrons. The van der Waals surface area contributed by atoms with Gasteiger partial charge in [0.2, 0.25) is 0 Å². The zero-order valence-electron chi connectivity index (χ0n) is 11.4. The maximum absolute atomic E-state index is 12.4. The van der Waals surface area contributed by atoms with Crippen LogP contribution in [0.5, 0.6) is 5.75 Å². The van der Waals surface area contributed by atoms with E-state index in [9.17, 15) is 9.59 Å². The van der Waals surface area contributed by atoms with Gasteiger partial charge >= 0.3 is 0 Å². The van der Waals surface area contributed by atoms with Gasteiger partial charge in [-0.15, -0.1) is 0 Å². The van der Waals surface area contributed by atoms with Gasteiger partial charge < -0.3 is 15.4 Å². The summed E-state index contributed by atoms with van der Waals surface area (Å²) >= 11 is 0. The fraction of sp³-hybridized carbons (Fsp3) is 0.0625. The molecule has 0 bridgehead atoms. The van der Waals surface area contributed by atoms with Gasteiger partial charge in [-0.25, -0.2) is 0 Å². The first-order chi connectivity index (χ1) is 10.7. The molecule has 0 aliphatic carbocycles. The standard InChI is InChI=1S/C16H11N3O3/c17-8-10-4-1-2-6-12(10)19-16(21)11-5-3-7-13-15(11)22-9-14(20)18-13/h1-7H,9H2,(H,18,20)(H,19,21). The van der Waals surface area contributed by atoms with Gasteiger partial charge in [0.25, 0.3) is 11.8 Å². The van der Waals surface area contributed by atoms with Crippen molar-refractivity contribution in [1.82, 2.24) is 0 Å². The van der Waals surface area contributed by atoms with E-state index in [-0.39, 0.29) is 12.5 Å². The van der Waals surface area contributed by atoms with Crippen LogP contribution in [0.3, 0.4) is 0 Å². The Kier molecular flexibility index (Phi) is 3.46. The first-order valence-electron chi connectivity index (χ1n) is 6.55. The zero-order chi connectivity index (χ0) is 15.5. The smallest absolute Gasteiger partial charge is 0.262 e. The number of ether oxygens (including phenoxy) is 1. The lowest BCUT2D eigenvalue weighted by Gasteiger charge is -2.20. The highest BCUT2D eigenvalue weighted by Gasteiger charge is 2.22. The molecule has 0 spiro atoms. The van der Waals surface area contributed by atoms with Gasteiger partial charge in [-0.2, -0.15) is 5.26 Å². The monoisotopic (exact) mass is 293 g/mol. The van der Waals surface area contributed by atoms with Gasteiger partial charge in [0.15, 0.2) is 12.4 Å². The van der Waals surface area contributed by atoms with Crippen molar-refractivity contribution in [1.29, 1.82) is 5.26 Å². The Balaban J connectivity index is 1.92. The molecule has 0 aromatic heterocycles. The number of para-hydroxylation sites is 2. The van der Waals surface area contributed by atoms with Gasteiger partial charge in [0.1, 0.15) is 6.07 Å². The van der Waals surface area contributed by atoms with Crippen LogP contribution >= 0.6 is 0 Å². The second-order valence-electron chi connectivity index (χ2n) is 4.63. The van der Waals surface area contributed by atoms with Gasteiger partial charge in [0, 0.05) is 0 Å². The van der Waals surface area contributed by atoms with Gasteiger partial charge in [-0.1, -0.05) is 18.2 Å². The first kappa shape index (κ1) is 13.6. The lowest BCUT2D eigenvalue weighted by atomic mass is 10.1. The molecular formula is C16H11N3O3. The molecule has 2 aromatic rings. The largest absolute Gasteiger partial charge is 0.481 e. The third-order valence-corrected chi connectivity index (χ3v) is 3.18. The van der Waals surface area contributed by atoms with E-state index < -0.39 is 5.91 Å². The zero-order valence-corrected chi connectivity index (χ0v) is 11.4. The van der Waals surface area contributed by atoms with E-state index in [1.165, 1.54) is 0 Å². The van der Waals surface area contributed by atoms with Crippen LogP contribution in [0.2, 0.25) is 0 Å². The summed E-state index contributed by atoms with van der Waals surface area (Å²) in [6, 6.07) is 13.6. The number of carbonyl (C=O) groups is 2. The van der Waals surface area contributed by atoms with Crippen LogP contribution in [0.4, 0.5) is 11.4 Å². The summed E-state index contributed by atoms with van der Waals surface area (Å²) in [4.78, 5) is 23.7. The Hall–Kier alpha value is -3.33. The summed E-state index contributed by atoms with van der Waals surface area (Å²) < 4.78 is 5.34. The molecule has 0 saturated heterocycles. The number of nitrogens with one attached hydrogen (secondary N) is 2. The topological polar surface area (TPSA) is 91.2 Å². The Labute approximate surface area is 126 Å². The molecule has 6 nitrogen and oxygen atoms in total. The van der Waals surface area contributed by atoms with Crippen LogP contribution in [0.25, 0.3) is 0 Å². The minimum Gasteiger partial charge on any atom is -0.481 e. The van der Waals surface area contributed by atoms with E-state index in [0.29, 0.717) is 28.3 Å². The van der Waals surface area contributed by atoms with Crippen molar-refractivity contribution < 1.29 is 14.3 Å². The second-order valence-corrected chi connectivity index (χ2v) is 4.63. The van der Waals surface area contributed by atoms with Crippen LogP contribution in [-0.4, -0.2) is 18.4 Å². The fourth-order valence-electron chi connectivity index (χ4n) is 2.17. The van der Waals surface area contributed by atoms with Crippen molar-refractivity contribution in [3.8, 4) is 11.8 Å². The van der Waals surface area contributed by atoms with E-state index in [2.05, 4.69) is 10.6 Å². The predicted octanol–water partition coefficient (Wildman–Crippen LogP) is 2.14. The lowest BCUT2D eigenvalue weighted by molar-refractivity contribution is -0.118. The maximum Gasteiger partial charge on any atom is 0.262 e. The van der Waals surface area contributed by atoms with E-state index in [4.69, 9.17) is 10.00 Å². The van der Waals surface area contributed by atoms with Crippen LogP contribution in [0.1, 0.15) is 15.9 Å². The van der Waals surface area contributed by atoms with E-state index in [1.807, 2.05) is 6.07 Å². The molecule has 1 aliphatic heterocycles. The molecule has 3 rings (SSSR count). The fourth-order valence-corrected chi connectivity index (χ4v) is 2.17. The summed E-state index contributed by atoms with van der Waals surface area (Å²) in [5, 5.41) is 14.4. The molecule has 0 fully saturated rings. The maximum atomic E-state index is 12.4. The van der Waals surface area contributed by atoms with E-state index in [1.54, 1.807) is 42.5 Å². The Morgan fingerprint density at radius 3 is 2.86 bits per heavy atom. The third kappa shape index (κ3) is 2.47. The molecule has 0 saturated carbocycles. The van der Waals surface area contributed by atoms with Crippen LogP contribution < -0.4 is 15.4 Å². The van der Waals surface area contributed by atoms with E-state index in [0.717, 1.165) is 0 Å². The highest BCUT2D eigenvalue weighted by Crippen LogP contribution is 2.32. The number of nitrogens with zero attached hydrogens (tertiary/aromatic N) is 1. The highest BCUT2D eigenvalue weighted by atomic mass is 16.5. The summed E-state index contributed by atoms with van der Waals surface area (Å²) in [6.45, 7) is -0.133. The molecule has 2 amide bonds. The number of nitriles is 1. The third-order valence-electron chi connectivity index (χ3n) is 3.18. The number of anilines is 2. The molecule has 1 aliphatic rings. The Morgan fingerprint density at radius 1 is 1.23 bits per heavy atom. The van der Waals surface area contributed by atoms with Crippen molar-refractivity contribution in [3.63, 3.8) is 0 Å². The summed E-state index contributed by atoms with van der Waals surface area (Å²) in [7, 11) is 0. The average Bonchev–Trinajstić information content (AvgIpc) is 2.54. The normalized spacial score (nSPS) is 12.4. The SMILES string of the molecule is N#Cc1ccccc1NC(=O)c1cccc2c1OCC(=O)N2. The summed E-state index contributed by atoms with van der Waals surface area (Å²) in [6.07, 6.45) is 0. The number of carbonyl (C=O) groups excluding carboxylic acids is 2. The Morgan fingerprint density at radius 2 is 2.05 bits per heavy atom. The number of rotatable bonds is 2. The highest BCUT2D eigenvalue weighted by molar-refractivity contribution is 6.09. The molecule has 22 heavy (non-hydrogen) atoms. The number of amides is 2. The summed E-state index contributed by atoms with van der Waals surface area (Å²) in [5.41, 5.74) is 1.55. The number of fused-ring (bicyclic) bond motifs is 1. The molecule has 0 radical (unpaired) electrons. The minimum absolute atomic E-state index is 0.133. The molecule has 6 heteroatoms. The number of benzene rings is 2. The summed E-state index contributed by atoms with van der Waals surface area (Å²) in [5.74, 6) is -0.343. The van der Waals surface area contributed by atoms with Gasteiger partial charge in [-0.05, 0) is 24.3 Å². The van der Waals surface area contributed by atoms with Crippen molar-refractivity contribution in [2.24, 2.45) is 0 Å². The van der Waals surface area contributed by atoms with Crippen LogP contribution in [-0.2, 0) is 4.79 Å².